The maximum Gasteiger partial charge on any atom is 0.250 e. The molecule has 1 aliphatic rings. The number of hydrogen-bond acceptors (Lipinski definition) is 2. The molecule has 2 rings (SSSR count). The Balaban J connectivity index is 1.97. The van der Waals surface area contributed by atoms with E-state index in [2.05, 4.69) is 13.0 Å². The largest absolute Gasteiger partial charge is 0.286 e. The lowest BCUT2D eigenvalue weighted by Gasteiger charge is -2.27. The number of hydrogen-bond donors (Lipinski definition) is 1. The molecule has 96 valence electrons. The van der Waals surface area contributed by atoms with Gasteiger partial charge in [0.15, 0.2) is 0 Å². The van der Waals surface area contributed by atoms with Gasteiger partial charge in [-0.2, -0.15) is 0 Å². The molecule has 1 aliphatic carbocycles. The molecule has 3 nitrogen and oxygen atoms in total. The summed E-state index contributed by atoms with van der Waals surface area (Å²) in [6.45, 7) is 2.07. The Morgan fingerprint density at radius 2 is 2.11 bits per heavy atom. The van der Waals surface area contributed by atoms with Crippen molar-refractivity contribution in [1.29, 1.82) is 0 Å². The zero-order valence-electron chi connectivity index (χ0n) is 10.6. The van der Waals surface area contributed by atoms with E-state index in [0.717, 1.165) is 23.5 Å². The molecule has 1 N–H and O–H groups in total. The predicted octanol–water partition coefficient (Wildman–Crippen LogP) is 2.80. The SMILES string of the molecule is CC[C@H]1C=CC[C@@H]1N(O)C(=O)Cc1ccccc1. The quantitative estimate of drug-likeness (QED) is 0.503. The number of carbonyl (C=O) groups excluding carboxylic acids is 1. The Labute approximate surface area is 108 Å². The van der Waals surface area contributed by atoms with Crippen LogP contribution in [0.1, 0.15) is 25.3 Å². The van der Waals surface area contributed by atoms with Gasteiger partial charge in [-0.05, 0) is 24.3 Å². The van der Waals surface area contributed by atoms with Gasteiger partial charge in [0, 0.05) is 0 Å². The first kappa shape index (κ1) is 12.8. The van der Waals surface area contributed by atoms with Gasteiger partial charge in [0.05, 0.1) is 12.5 Å². The second-order valence-electron chi connectivity index (χ2n) is 4.70. The molecule has 0 saturated carbocycles. The van der Waals surface area contributed by atoms with E-state index in [1.54, 1.807) is 0 Å². The van der Waals surface area contributed by atoms with Gasteiger partial charge in [0.1, 0.15) is 0 Å². The maximum atomic E-state index is 12.0. The summed E-state index contributed by atoms with van der Waals surface area (Å²) in [5, 5.41) is 11.0. The van der Waals surface area contributed by atoms with Crippen molar-refractivity contribution in [2.24, 2.45) is 5.92 Å². The van der Waals surface area contributed by atoms with E-state index < -0.39 is 0 Å². The van der Waals surface area contributed by atoms with Crippen LogP contribution in [0, 0.1) is 5.92 Å². The summed E-state index contributed by atoms with van der Waals surface area (Å²) in [5.74, 6) is 0.0445. The van der Waals surface area contributed by atoms with E-state index in [0.29, 0.717) is 0 Å². The topological polar surface area (TPSA) is 40.5 Å². The Hall–Kier alpha value is -1.61. The molecule has 0 aromatic heterocycles. The van der Waals surface area contributed by atoms with Gasteiger partial charge < -0.3 is 0 Å². The van der Waals surface area contributed by atoms with Gasteiger partial charge in [0.25, 0.3) is 5.91 Å². The lowest BCUT2D eigenvalue weighted by Crippen LogP contribution is -2.40. The zero-order valence-corrected chi connectivity index (χ0v) is 10.6. The van der Waals surface area contributed by atoms with Gasteiger partial charge in [-0.15, -0.1) is 0 Å². The van der Waals surface area contributed by atoms with E-state index in [1.165, 1.54) is 0 Å². The molecule has 1 aromatic rings. The fraction of sp³-hybridized carbons (Fsp3) is 0.400. The van der Waals surface area contributed by atoms with Crippen LogP contribution >= 0.6 is 0 Å². The third-order valence-corrected chi connectivity index (χ3v) is 3.49. The van der Waals surface area contributed by atoms with Crippen LogP contribution in [-0.2, 0) is 11.2 Å². The molecular formula is C15H19NO2. The van der Waals surface area contributed by atoms with Gasteiger partial charge in [-0.25, -0.2) is 5.06 Å². The third-order valence-electron chi connectivity index (χ3n) is 3.49. The number of amides is 1. The molecule has 3 heteroatoms. The van der Waals surface area contributed by atoms with Crippen LogP contribution in [0.15, 0.2) is 42.5 Å². The number of nitrogens with zero attached hydrogens (tertiary/aromatic N) is 1. The lowest BCUT2D eigenvalue weighted by molar-refractivity contribution is -0.177. The maximum absolute atomic E-state index is 12.0. The first-order chi connectivity index (χ1) is 8.72. The van der Waals surface area contributed by atoms with Crippen molar-refractivity contribution in [3.63, 3.8) is 0 Å². The van der Waals surface area contributed by atoms with E-state index in [1.807, 2.05) is 36.4 Å². The molecule has 0 spiro atoms. The second-order valence-corrected chi connectivity index (χ2v) is 4.70. The first-order valence-electron chi connectivity index (χ1n) is 6.44. The molecule has 0 radical (unpaired) electrons. The zero-order chi connectivity index (χ0) is 13.0. The van der Waals surface area contributed by atoms with Crippen LogP contribution in [0.2, 0.25) is 0 Å². The van der Waals surface area contributed by atoms with Crippen LogP contribution in [0.5, 0.6) is 0 Å². The van der Waals surface area contributed by atoms with Crippen LogP contribution in [0.3, 0.4) is 0 Å². The van der Waals surface area contributed by atoms with Crippen LogP contribution in [-0.4, -0.2) is 22.2 Å². The summed E-state index contributed by atoms with van der Waals surface area (Å²) >= 11 is 0. The van der Waals surface area contributed by atoms with Gasteiger partial charge >= 0.3 is 0 Å². The van der Waals surface area contributed by atoms with E-state index >= 15 is 0 Å². The van der Waals surface area contributed by atoms with E-state index in [4.69, 9.17) is 0 Å². The van der Waals surface area contributed by atoms with Crippen molar-refractivity contribution in [3.8, 4) is 0 Å². The summed E-state index contributed by atoms with van der Waals surface area (Å²) in [6.07, 6.45) is 6.07. The summed E-state index contributed by atoms with van der Waals surface area (Å²) < 4.78 is 0. The van der Waals surface area contributed by atoms with Crippen molar-refractivity contribution in [3.05, 3.63) is 48.0 Å². The molecule has 2 atom stereocenters. The van der Waals surface area contributed by atoms with Crippen molar-refractivity contribution >= 4 is 5.91 Å². The Morgan fingerprint density at radius 1 is 1.39 bits per heavy atom. The molecule has 18 heavy (non-hydrogen) atoms. The fourth-order valence-electron chi connectivity index (χ4n) is 2.42. The molecule has 1 aromatic carbocycles. The lowest BCUT2D eigenvalue weighted by atomic mass is 10.00. The molecule has 0 heterocycles. The normalized spacial score (nSPS) is 22.1. The Morgan fingerprint density at radius 3 is 2.78 bits per heavy atom. The number of carbonyl (C=O) groups is 1. The molecule has 0 bridgehead atoms. The van der Waals surface area contributed by atoms with Crippen molar-refractivity contribution in [2.75, 3.05) is 0 Å². The van der Waals surface area contributed by atoms with Gasteiger partial charge in [-0.1, -0.05) is 49.4 Å². The standard InChI is InChI=1S/C15H19NO2/c1-2-13-9-6-10-14(13)16(18)15(17)11-12-7-4-3-5-8-12/h3-9,13-14,18H,2,10-11H2,1H3/t13-,14-/m0/s1. The minimum Gasteiger partial charge on any atom is -0.286 e. The number of rotatable bonds is 4. The molecule has 0 fully saturated rings. The summed E-state index contributed by atoms with van der Waals surface area (Å²) in [5.41, 5.74) is 0.931. The van der Waals surface area contributed by atoms with E-state index in [9.17, 15) is 10.0 Å². The Kier molecular flexibility index (Phi) is 4.15. The van der Waals surface area contributed by atoms with Crippen LogP contribution in [0.25, 0.3) is 0 Å². The summed E-state index contributed by atoms with van der Waals surface area (Å²) in [6, 6.07) is 9.42. The monoisotopic (exact) mass is 245 g/mol. The van der Waals surface area contributed by atoms with Crippen molar-refractivity contribution < 1.29 is 10.0 Å². The molecule has 0 saturated heterocycles. The smallest absolute Gasteiger partial charge is 0.250 e. The number of hydroxylamine groups is 2. The molecule has 0 unspecified atom stereocenters. The van der Waals surface area contributed by atoms with Crippen LogP contribution < -0.4 is 0 Å². The van der Waals surface area contributed by atoms with Gasteiger partial charge in [-0.3, -0.25) is 10.0 Å². The van der Waals surface area contributed by atoms with Crippen molar-refractivity contribution in [1.82, 2.24) is 5.06 Å². The summed E-state index contributed by atoms with van der Waals surface area (Å²) in [4.78, 5) is 12.0. The minimum atomic E-state index is -0.228. The highest BCUT2D eigenvalue weighted by molar-refractivity contribution is 5.78. The minimum absolute atomic E-state index is 0.0915. The summed E-state index contributed by atoms with van der Waals surface area (Å²) in [7, 11) is 0. The first-order valence-corrected chi connectivity index (χ1v) is 6.44. The Bertz CT molecular complexity index is 427. The van der Waals surface area contributed by atoms with Crippen LogP contribution in [0.4, 0.5) is 0 Å². The average Bonchev–Trinajstić information content (AvgIpc) is 2.87. The van der Waals surface area contributed by atoms with Crippen molar-refractivity contribution in [2.45, 2.75) is 32.2 Å². The average molecular weight is 245 g/mol. The van der Waals surface area contributed by atoms with E-state index in [-0.39, 0.29) is 24.3 Å². The second kappa shape index (κ2) is 5.83. The van der Waals surface area contributed by atoms with Gasteiger partial charge in [0.2, 0.25) is 0 Å². The highest BCUT2D eigenvalue weighted by atomic mass is 16.5. The third kappa shape index (κ3) is 2.79. The fourth-order valence-corrected chi connectivity index (χ4v) is 2.42. The number of benzene rings is 1. The highest BCUT2D eigenvalue weighted by Crippen LogP contribution is 2.25. The molecule has 1 amide bonds. The molecule has 0 aliphatic heterocycles. The predicted molar refractivity (Wildman–Crippen MR) is 70.1 cm³/mol. The molecular weight excluding hydrogens is 226 g/mol. The highest BCUT2D eigenvalue weighted by Gasteiger charge is 2.29.